The molecule has 0 fully saturated rings. The standard InChI is InChI=1S/C24H18NO.C14H14N.Ir/c1-14-8-10-19(21-12-15(2)16(3)13-25-21)24-22(14)20-11-9-17-6-4-5-7-18(17)23(20)26-24;1-10-4-6-13(7-5-10)14-8-11(2)12(3)9-15-14;/h4-9,11-13H,1-3H3;4-6,8-9H,1-3H3;/q2*-1;/i2*1D3,2D3,3D3;. The number of fused-ring (bicyclic) bond motifs is 5. The van der Waals surface area contributed by atoms with Crippen LogP contribution in [0.15, 0.2) is 89.6 Å². The van der Waals surface area contributed by atoms with Gasteiger partial charge in [0.05, 0.1) is 5.58 Å². The summed E-state index contributed by atoms with van der Waals surface area (Å²) < 4.78 is 144. The van der Waals surface area contributed by atoms with Gasteiger partial charge in [-0.15, -0.1) is 53.1 Å². The van der Waals surface area contributed by atoms with Gasteiger partial charge in [0.25, 0.3) is 0 Å². The zero-order valence-corrected chi connectivity index (χ0v) is 24.1. The van der Waals surface area contributed by atoms with Crippen molar-refractivity contribution in [3.63, 3.8) is 0 Å². The summed E-state index contributed by atoms with van der Waals surface area (Å²) >= 11 is 0. The Kier molecular flexibility index (Phi) is 4.11. The minimum absolute atomic E-state index is 0. The molecule has 4 heteroatoms. The molecule has 4 aromatic carbocycles. The first kappa shape index (κ1) is 14.4. The molecule has 0 aliphatic carbocycles. The molecule has 0 amide bonds. The number of nitrogens with zero attached hydrogens (tertiary/aromatic N) is 2. The van der Waals surface area contributed by atoms with Crippen LogP contribution in [0.5, 0.6) is 0 Å². The Morgan fingerprint density at radius 1 is 0.643 bits per heavy atom. The summed E-state index contributed by atoms with van der Waals surface area (Å²) in [6.45, 7) is -15.3. The van der Waals surface area contributed by atoms with Gasteiger partial charge in [-0.3, -0.25) is 0 Å². The predicted octanol–water partition coefficient (Wildman–Crippen LogP) is 10.00. The molecule has 42 heavy (non-hydrogen) atoms. The molecule has 0 aliphatic rings. The van der Waals surface area contributed by atoms with Gasteiger partial charge in [-0.05, 0) is 55.3 Å². The van der Waals surface area contributed by atoms with Gasteiger partial charge in [0, 0.05) is 67.9 Å². The Morgan fingerprint density at radius 3 is 2.10 bits per heavy atom. The maximum Gasteiger partial charge on any atom is 0.128 e. The van der Waals surface area contributed by atoms with E-state index < -0.39 is 41.1 Å². The smallest absolute Gasteiger partial charge is 0.128 e. The third-order valence-corrected chi connectivity index (χ3v) is 6.59. The minimum Gasteiger partial charge on any atom is -0.500 e. The number of hydrogen-bond acceptors (Lipinski definition) is 3. The molecule has 3 aromatic heterocycles. The van der Waals surface area contributed by atoms with Crippen LogP contribution in [0.2, 0.25) is 0 Å². The molecule has 0 atom stereocenters. The first-order valence-corrected chi connectivity index (χ1v) is 12.4. The molecule has 3 nitrogen and oxygen atoms in total. The van der Waals surface area contributed by atoms with E-state index in [1.807, 2.05) is 30.3 Å². The van der Waals surface area contributed by atoms with Crippen molar-refractivity contribution in [3.8, 4) is 22.5 Å². The van der Waals surface area contributed by atoms with Gasteiger partial charge in [-0.2, -0.15) is 0 Å². The van der Waals surface area contributed by atoms with E-state index in [4.69, 9.17) is 29.1 Å². The van der Waals surface area contributed by atoms with Crippen LogP contribution in [-0.2, 0) is 20.1 Å². The predicted molar refractivity (Wildman–Crippen MR) is 170 cm³/mol. The summed E-state index contributed by atoms with van der Waals surface area (Å²) in [6.07, 6.45) is 2.05. The summed E-state index contributed by atoms with van der Waals surface area (Å²) in [6, 6.07) is 24.7. The number of benzene rings is 4. The zero-order valence-electron chi connectivity index (χ0n) is 39.7. The second kappa shape index (κ2) is 12.0. The fraction of sp³-hybridized carbons (Fsp3) is 0.158. The first-order valence-electron chi connectivity index (χ1n) is 21.4. The van der Waals surface area contributed by atoms with Gasteiger partial charge in [-0.25, -0.2) is 0 Å². The van der Waals surface area contributed by atoms with Crippen LogP contribution in [0.4, 0.5) is 0 Å². The number of hydrogen-bond donors (Lipinski definition) is 0. The van der Waals surface area contributed by atoms with E-state index in [0.717, 1.165) is 23.2 Å². The molecule has 0 spiro atoms. The number of furan rings is 1. The average Bonchev–Trinajstić information content (AvgIpc) is 3.52. The molecule has 0 aliphatic heterocycles. The fourth-order valence-electron chi connectivity index (χ4n) is 4.52. The fourth-order valence-corrected chi connectivity index (χ4v) is 4.52. The van der Waals surface area contributed by atoms with Crippen molar-refractivity contribution < 1.29 is 49.2 Å². The zero-order chi connectivity index (χ0) is 43.7. The third kappa shape index (κ3) is 5.53. The van der Waals surface area contributed by atoms with Crippen molar-refractivity contribution in [3.05, 3.63) is 131 Å². The molecular formula is C38H32IrN2O-2. The quantitative estimate of drug-likeness (QED) is 0.166. The van der Waals surface area contributed by atoms with Crippen molar-refractivity contribution in [2.24, 2.45) is 0 Å². The monoisotopic (exact) mass is 743 g/mol. The van der Waals surface area contributed by atoms with E-state index in [2.05, 4.69) is 22.1 Å². The summed E-state index contributed by atoms with van der Waals surface area (Å²) in [5.41, 5.74) is 0.420. The number of rotatable bonds is 2. The Morgan fingerprint density at radius 2 is 1.38 bits per heavy atom. The van der Waals surface area contributed by atoms with Crippen molar-refractivity contribution in [2.45, 2.75) is 41.1 Å². The van der Waals surface area contributed by atoms with Crippen LogP contribution >= 0.6 is 0 Å². The molecule has 0 unspecified atom stereocenters. The van der Waals surface area contributed by atoms with Gasteiger partial charge in [-0.1, -0.05) is 84.3 Å². The Labute approximate surface area is 286 Å². The van der Waals surface area contributed by atoms with Gasteiger partial charge >= 0.3 is 0 Å². The van der Waals surface area contributed by atoms with Crippen LogP contribution < -0.4 is 0 Å². The molecule has 0 bridgehead atoms. The van der Waals surface area contributed by atoms with Gasteiger partial charge in [0.15, 0.2) is 0 Å². The topological polar surface area (TPSA) is 38.9 Å². The van der Waals surface area contributed by atoms with Crippen LogP contribution in [0, 0.1) is 53.2 Å². The second-order valence-corrected chi connectivity index (χ2v) is 9.27. The SMILES string of the molecule is [2H]C([2H])([2H])c1c[c-]c(-c2cc(C([2H])([2H])[2H])c(C([2H])([2H])[2H])cn2)cc1.[2H]C([2H])([2H])c1cnc(-c2[c-]cc(C([2H])([2H])[2H])c3c2oc2c4ccccc4ccc23)cc1C([2H])([2H])[2H].[Ir]. The summed E-state index contributed by atoms with van der Waals surface area (Å²) in [4.78, 5) is 8.22. The molecule has 0 N–H and O–H groups in total. The number of aryl methyl sites for hydroxylation is 6. The first-order chi connectivity index (χ1) is 27.1. The largest absolute Gasteiger partial charge is 0.500 e. The van der Waals surface area contributed by atoms with Crippen molar-refractivity contribution in [1.82, 2.24) is 9.97 Å². The summed E-state index contributed by atoms with van der Waals surface area (Å²) in [7, 11) is 0. The molecule has 7 rings (SSSR count). The number of pyridine rings is 2. The normalized spacial score (nSPS) is 19.0. The van der Waals surface area contributed by atoms with E-state index in [0.29, 0.717) is 21.9 Å². The van der Waals surface area contributed by atoms with E-state index in [1.54, 1.807) is 6.07 Å². The molecular weight excluding hydrogens is 693 g/mol. The molecule has 1 radical (unpaired) electrons. The minimum atomic E-state index is -2.71. The van der Waals surface area contributed by atoms with Crippen molar-refractivity contribution in [2.75, 3.05) is 0 Å². The van der Waals surface area contributed by atoms with Crippen LogP contribution in [-0.4, -0.2) is 9.97 Å². The molecule has 0 saturated heterocycles. The van der Waals surface area contributed by atoms with E-state index >= 15 is 0 Å². The average molecular weight is 743 g/mol. The maximum absolute atomic E-state index is 8.04. The van der Waals surface area contributed by atoms with Gasteiger partial charge < -0.3 is 14.4 Å². The van der Waals surface area contributed by atoms with E-state index in [9.17, 15) is 0 Å². The molecule has 0 saturated carbocycles. The summed E-state index contributed by atoms with van der Waals surface area (Å²) in [5.74, 6) is 0. The molecule has 7 aromatic rings. The third-order valence-electron chi connectivity index (χ3n) is 6.59. The second-order valence-electron chi connectivity index (χ2n) is 9.27. The molecule has 3 heterocycles. The van der Waals surface area contributed by atoms with E-state index in [-0.39, 0.29) is 76.0 Å². The van der Waals surface area contributed by atoms with Crippen LogP contribution in [0.25, 0.3) is 55.2 Å². The van der Waals surface area contributed by atoms with Crippen LogP contribution in [0.3, 0.4) is 0 Å². The van der Waals surface area contributed by atoms with E-state index in [1.165, 1.54) is 36.4 Å². The Hall–Kier alpha value is -4.11. The van der Waals surface area contributed by atoms with Crippen molar-refractivity contribution in [1.29, 1.82) is 0 Å². The van der Waals surface area contributed by atoms with Gasteiger partial charge in [0.2, 0.25) is 0 Å². The Bertz CT molecular complexity index is 2690. The number of aromatic nitrogens is 2. The van der Waals surface area contributed by atoms with Crippen LogP contribution in [0.1, 0.15) is 58.1 Å². The maximum atomic E-state index is 8.04. The Balaban J connectivity index is 0.000000240. The molecule has 211 valence electrons. The van der Waals surface area contributed by atoms with Crippen molar-refractivity contribution >= 4 is 32.7 Å². The summed E-state index contributed by atoms with van der Waals surface area (Å²) in [5, 5.41) is 2.65. The van der Waals surface area contributed by atoms with Gasteiger partial charge in [0.1, 0.15) is 5.58 Å².